The van der Waals surface area contributed by atoms with Crippen molar-refractivity contribution in [3.05, 3.63) is 35.4 Å². The predicted molar refractivity (Wildman–Crippen MR) is 60.1 cm³/mol. The van der Waals surface area contributed by atoms with Crippen LogP contribution in [0, 0.1) is 5.92 Å². The molecule has 1 aliphatic rings. The number of amidine groups is 1. The van der Waals surface area contributed by atoms with Crippen LogP contribution in [0.15, 0.2) is 29.4 Å². The van der Waals surface area contributed by atoms with Crippen LogP contribution in [0.25, 0.3) is 0 Å². The first-order valence-electron chi connectivity index (χ1n) is 5.19. The second-order valence-corrected chi connectivity index (χ2v) is 4.45. The number of benzene rings is 1. The zero-order valence-electron chi connectivity index (χ0n) is 9.07. The lowest BCUT2D eigenvalue weighted by Crippen LogP contribution is -2.53. The average Bonchev–Trinajstić information content (AvgIpc) is 2.19. The van der Waals surface area contributed by atoms with Gasteiger partial charge >= 0.3 is 0 Å². The quantitative estimate of drug-likeness (QED) is 0.334. The molecule has 15 heavy (non-hydrogen) atoms. The Labute approximate surface area is 89.6 Å². The van der Waals surface area contributed by atoms with Gasteiger partial charge in [-0.05, 0) is 23.5 Å². The van der Waals surface area contributed by atoms with E-state index in [2.05, 4.69) is 31.1 Å². The molecule has 0 aliphatic heterocycles. The highest BCUT2D eigenvalue weighted by Gasteiger charge is 2.48. The molecule has 0 spiro atoms. The molecule has 1 unspecified atom stereocenters. The van der Waals surface area contributed by atoms with Gasteiger partial charge in [-0.25, -0.2) is 0 Å². The molecule has 0 amide bonds. The van der Waals surface area contributed by atoms with Crippen LogP contribution in [0.4, 0.5) is 0 Å². The molecule has 1 atom stereocenters. The number of nitrogens with zero attached hydrogens (tertiary/aromatic N) is 1. The zero-order valence-corrected chi connectivity index (χ0v) is 9.07. The van der Waals surface area contributed by atoms with Gasteiger partial charge < -0.3 is 10.9 Å². The van der Waals surface area contributed by atoms with E-state index in [-0.39, 0.29) is 5.41 Å². The maximum absolute atomic E-state index is 8.87. The van der Waals surface area contributed by atoms with Gasteiger partial charge in [0.1, 0.15) is 5.84 Å². The molecule has 0 aromatic heterocycles. The van der Waals surface area contributed by atoms with Crippen molar-refractivity contribution in [1.29, 1.82) is 0 Å². The number of nitrogens with two attached hydrogens (primary N) is 1. The molecule has 80 valence electrons. The fraction of sp³-hybridized carbons (Fsp3) is 0.417. The van der Waals surface area contributed by atoms with Crippen LogP contribution in [0.3, 0.4) is 0 Å². The summed E-state index contributed by atoms with van der Waals surface area (Å²) in [6, 6.07) is 8.19. The average molecular weight is 204 g/mol. The van der Waals surface area contributed by atoms with Crippen LogP contribution in [0.1, 0.15) is 25.0 Å². The highest BCUT2D eigenvalue weighted by atomic mass is 16.4. The summed E-state index contributed by atoms with van der Waals surface area (Å²) in [5.74, 6) is 0.666. The fourth-order valence-corrected chi connectivity index (χ4v) is 2.53. The minimum absolute atomic E-state index is 0.259. The number of hydrogen-bond acceptors (Lipinski definition) is 2. The minimum Gasteiger partial charge on any atom is -0.409 e. The van der Waals surface area contributed by atoms with Crippen LogP contribution in [0.5, 0.6) is 0 Å². The topological polar surface area (TPSA) is 58.6 Å². The molecule has 0 fully saturated rings. The lowest BCUT2D eigenvalue weighted by atomic mass is 9.57. The predicted octanol–water partition coefficient (Wildman–Crippen LogP) is 1.88. The van der Waals surface area contributed by atoms with E-state index in [0.29, 0.717) is 11.8 Å². The molecule has 3 heteroatoms. The van der Waals surface area contributed by atoms with Gasteiger partial charge in [-0.3, -0.25) is 0 Å². The van der Waals surface area contributed by atoms with Crippen molar-refractivity contribution < 1.29 is 5.21 Å². The molecule has 0 saturated carbocycles. The van der Waals surface area contributed by atoms with Crippen molar-refractivity contribution in [2.24, 2.45) is 16.8 Å². The van der Waals surface area contributed by atoms with Crippen LogP contribution in [-0.4, -0.2) is 11.0 Å². The third-order valence-electron chi connectivity index (χ3n) is 3.52. The smallest absolute Gasteiger partial charge is 0.150 e. The van der Waals surface area contributed by atoms with E-state index >= 15 is 0 Å². The monoisotopic (exact) mass is 204 g/mol. The summed E-state index contributed by atoms with van der Waals surface area (Å²) >= 11 is 0. The molecule has 1 aliphatic carbocycles. The number of fused-ring (bicyclic) bond motifs is 1. The van der Waals surface area contributed by atoms with E-state index < -0.39 is 0 Å². The first kappa shape index (κ1) is 10.0. The Hall–Kier alpha value is -1.51. The summed E-state index contributed by atoms with van der Waals surface area (Å²) in [7, 11) is 0. The molecule has 2 rings (SSSR count). The van der Waals surface area contributed by atoms with Crippen LogP contribution in [0.2, 0.25) is 0 Å². The van der Waals surface area contributed by atoms with E-state index in [0.717, 1.165) is 6.42 Å². The fourth-order valence-electron chi connectivity index (χ4n) is 2.53. The van der Waals surface area contributed by atoms with E-state index in [1.807, 2.05) is 12.1 Å². The lowest BCUT2D eigenvalue weighted by molar-refractivity contribution is 0.293. The van der Waals surface area contributed by atoms with Gasteiger partial charge in [0.05, 0.1) is 5.41 Å². The standard InChI is InChI=1S/C12H16N2O/c1-8(2)12(11(13)14-15)7-9-5-3-4-6-10(9)12/h3-6,8,15H,7H2,1-2H3,(H2,13,14). The molecule has 0 heterocycles. The normalized spacial score (nSPS) is 24.9. The second-order valence-electron chi connectivity index (χ2n) is 4.45. The van der Waals surface area contributed by atoms with Gasteiger partial charge in [-0.1, -0.05) is 43.3 Å². The highest BCUT2D eigenvalue weighted by molar-refractivity contribution is 5.94. The molecule has 0 bridgehead atoms. The van der Waals surface area contributed by atoms with E-state index in [1.165, 1.54) is 11.1 Å². The van der Waals surface area contributed by atoms with E-state index in [1.54, 1.807) is 0 Å². The molecular weight excluding hydrogens is 188 g/mol. The molecule has 0 radical (unpaired) electrons. The third-order valence-corrected chi connectivity index (χ3v) is 3.52. The van der Waals surface area contributed by atoms with E-state index in [4.69, 9.17) is 10.9 Å². The second kappa shape index (κ2) is 3.26. The molecule has 1 aromatic carbocycles. The SMILES string of the molecule is CC(C)C1(C(N)=NO)Cc2ccccc21. The zero-order chi connectivity index (χ0) is 11.1. The Morgan fingerprint density at radius 2 is 2.13 bits per heavy atom. The van der Waals surface area contributed by atoms with Crippen molar-refractivity contribution in [1.82, 2.24) is 0 Å². The first-order chi connectivity index (χ1) is 7.13. The van der Waals surface area contributed by atoms with Crippen molar-refractivity contribution in [3.8, 4) is 0 Å². The van der Waals surface area contributed by atoms with Crippen LogP contribution < -0.4 is 5.73 Å². The van der Waals surface area contributed by atoms with Crippen molar-refractivity contribution in [3.63, 3.8) is 0 Å². The molecular formula is C12H16N2O. The summed E-state index contributed by atoms with van der Waals surface area (Å²) in [6.07, 6.45) is 0.872. The Kier molecular flexibility index (Phi) is 2.18. The van der Waals surface area contributed by atoms with Gasteiger partial charge in [-0.2, -0.15) is 0 Å². The number of oxime groups is 1. The van der Waals surface area contributed by atoms with Gasteiger partial charge in [-0.15, -0.1) is 0 Å². The first-order valence-corrected chi connectivity index (χ1v) is 5.19. The van der Waals surface area contributed by atoms with Gasteiger partial charge in [0, 0.05) is 0 Å². The Balaban J connectivity index is 2.52. The summed E-state index contributed by atoms with van der Waals surface area (Å²) < 4.78 is 0. The third kappa shape index (κ3) is 1.16. The Morgan fingerprint density at radius 3 is 2.67 bits per heavy atom. The summed E-state index contributed by atoms with van der Waals surface area (Å²) in [5.41, 5.74) is 8.08. The summed E-state index contributed by atoms with van der Waals surface area (Å²) in [6.45, 7) is 4.21. The van der Waals surface area contributed by atoms with E-state index in [9.17, 15) is 0 Å². The maximum Gasteiger partial charge on any atom is 0.150 e. The van der Waals surface area contributed by atoms with Crippen molar-refractivity contribution in [2.45, 2.75) is 25.7 Å². The molecule has 1 aromatic rings. The van der Waals surface area contributed by atoms with Gasteiger partial charge in [0.25, 0.3) is 0 Å². The van der Waals surface area contributed by atoms with Gasteiger partial charge in [0.2, 0.25) is 0 Å². The number of hydrogen-bond donors (Lipinski definition) is 2. The molecule has 3 N–H and O–H groups in total. The van der Waals surface area contributed by atoms with Crippen LogP contribution in [-0.2, 0) is 11.8 Å². The van der Waals surface area contributed by atoms with Crippen LogP contribution >= 0.6 is 0 Å². The van der Waals surface area contributed by atoms with Crippen molar-refractivity contribution in [2.75, 3.05) is 0 Å². The lowest BCUT2D eigenvalue weighted by Gasteiger charge is -2.46. The highest BCUT2D eigenvalue weighted by Crippen LogP contribution is 2.46. The molecule has 3 nitrogen and oxygen atoms in total. The maximum atomic E-state index is 8.87. The Bertz CT molecular complexity index is 412. The largest absolute Gasteiger partial charge is 0.409 e. The number of rotatable bonds is 2. The summed E-state index contributed by atoms with van der Waals surface area (Å²) in [5, 5.41) is 12.1. The minimum atomic E-state index is -0.259. The van der Waals surface area contributed by atoms with Gasteiger partial charge in [0.15, 0.2) is 0 Å². The Morgan fingerprint density at radius 1 is 1.47 bits per heavy atom. The van der Waals surface area contributed by atoms with Crippen molar-refractivity contribution >= 4 is 5.84 Å². The molecule has 0 saturated heterocycles. The summed E-state index contributed by atoms with van der Waals surface area (Å²) in [4.78, 5) is 0.